The van der Waals surface area contributed by atoms with E-state index in [9.17, 15) is 4.79 Å². The Hall–Kier alpha value is -2.80. The average molecular weight is 385 g/mol. The van der Waals surface area contributed by atoms with Crippen molar-refractivity contribution in [2.75, 3.05) is 26.3 Å². The first-order valence-corrected chi connectivity index (χ1v) is 9.16. The van der Waals surface area contributed by atoms with Crippen molar-refractivity contribution >= 4 is 11.7 Å². The summed E-state index contributed by atoms with van der Waals surface area (Å²) < 4.78 is 16.7. The Labute approximate surface area is 165 Å². The zero-order chi connectivity index (χ0) is 20.3. The normalized spacial score (nSPS) is 13.8. The van der Waals surface area contributed by atoms with Crippen molar-refractivity contribution in [3.8, 4) is 11.5 Å². The summed E-state index contributed by atoms with van der Waals surface area (Å²) in [4.78, 5) is 18.7. The predicted molar refractivity (Wildman–Crippen MR) is 107 cm³/mol. The Morgan fingerprint density at radius 2 is 2.07 bits per heavy atom. The van der Waals surface area contributed by atoms with E-state index in [0.29, 0.717) is 24.5 Å². The number of hydrogen-bond acceptors (Lipinski definition) is 5. The molecule has 3 rings (SSSR count). The quantitative estimate of drug-likeness (QED) is 0.763. The molecule has 0 saturated carbocycles. The van der Waals surface area contributed by atoms with Crippen molar-refractivity contribution in [2.24, 2.45) is 0 Å². The van der Waals surface area contributed by atoms with Crippen LogP contribution in [0.15, 0.2) is 30.6 Å². The van der Waals surface area contributed by atoms with E-state index in [4.69, 9.17) is 14.2 Å². The second-order valence-corrected chi connectivity index (χ2v) is 7.76. The number of hydrogen-bond donors (Lipinski definition) is 1. The molecule has 7 nitrogen and oxygen atoms in total. The molecule has 0 radical (unpaired) electrons. The van der Waals surface area contributed by atoms with Crippen LogP contribution in [-0.4, -0.2) is 36.9 Å². The molecule has 0 spiro atoms. The van der Waals surface area contributed by atoms with Crippen LogP contribution in [0.5, 0.6) is 11.5 Å². The van der Waals surface area contributed by atoms with Crippen LogP contribution in [-0.2, 0) is 23.2 Å². The van der Waals surface area contributed by atoms with Crippen LogP contribution in [0.25, 0.3) is 0 Å². The van der Waals surface area contributed by atoms with E-state index < -0.39 is 0 Å². The fourth-order valence-electron chi connectivity index (χ4n) is 3.26. The van der Waals surface area contributed by atoms with Crippen molar-refractivity contribution in [3.05, 3.63) is 47.3 Å². The number of pyridine rings is 1. The molecule has 28 heavy (non-hydrogen) atoms. The Kier molecular flexibility index (Phi) is 5.74. The third-order valence-corrected chi connectivity index (χ3v) is 4.66. The number of carbonyl (C=O) groups is 1. The van der Waals surface area contributed by atoms with Gasteiger partial charge >= 0.3 is 6.03 Å². The highest BCUT2D eigenvalue weighted by Gasteiger charge is 2.33. The van der Waals surface area contributed by atoms with E-state index in [1.807, 2.05) is 18.2 Å². The Balaban J connectivity index is 2.04. The highest BCUT2D eigenvalue weighted by Crippen LogP contribution is 2.46. The maximum Gasteiger partial charge on any atom is 0.322 e. The summed E-state index contributed by atoms with van der Waals surface area (Å²) in [6.07, 6.45) is 3.47. The van der Waals surface area contributed by atoms with Gasteiger partial charge in [-0.1, -0.05) is 26.8 Å². The SMILES string of the molecule is COCOc1c(C(C)(C)C)cc(OC)c2c1NC(=O)N(Cc1cccnc1)C2. The number of nitrogens with zero attached hydrogens (tertiary/aromatic N) is 2. The molecule has 1 aliphatic heterocycles. The third kappa shape index (κ3) is 4.04. The van der Waals surface area contributed by atoms with Crippen LogP contribution in [0.3, 0.4) is 0 Å². The molecule has 1 aliphatic rings. The molecule has 2 amide bonds. The molecule has 0 atom stereocenters. The van der Waals surface area contributed by atoms with Crippen LogP contribution >= 0.6 is 0 Å². The van der Waals surface area contributed by atoms with Gasteiger partial charge in [0.05, 0.1) is 19.3 Å². The number of rotatable bonds is 6. The maximum absolute atomic E-state index is 12.8. The van der Waals surface area contributed by atoms with E-state index in [1.165, 1.54) is 0 Å². The van der Waals surface area contributed by atoms with Gasteiger partial charge in [-0.05, 0) is 23.1 Å². The summed E-state index contributed by atoms with van der Waals surface area (Å²) in [5.74, 6) is 1.35. The van der Waals surface area contributed by atoms with Gasteiger partial charge in [-0.2, -0.15) is 0 Å². The Bertz CT molecular complexity index is 847. The molecular formula is C21H27N3O4. The molecule has 0 aliphatic carbocycles. The standard InChI is InChI=1S/C21H27N3O4/c1-21(2,3)16-9-17(27-5)15-12-24(11-14-7-6-8-22-10-14)20(25)23-18(15)19(16)28-13-26-4/h6-10H,11-13H2,1-5H3,(H,23,25). The molecule has 1 aromatic heterocycles. The molecule has 2 heterocycles. The molecule has 0 bridgehead atoms. The molecular weight excluding hydrogens is 358 g/mol. The van der Waals surface area contributed by atoms with E-state index >= 15 is 0 Å². The monoisotopic (exact) mass is 385 g/mol. The van der Waals surface area contributed by atoms with Crippen molar-refractivity contribution in [1.82, 2.24) is 9.88 Å². The summed E-state index contributed by atoms with van der Waals surface area (Å²) in [6, 6.07) is 5.61. The van der Waals surface area contributed by atoms with Crippen molar-refractivity contribution in [2.45, 2.75) is 39.3 Å². The maximum atomic E-state index is 12.8. The van der Waals surface area contributed by atoms with E-state index in [1.54, 1.807) is 31.5 Å². The fraction of sp³-hybridized carbons (Fsp3) is 0.429. The van der Waals surface area contributed by atoms with Crippen LogP contribution in [0.1, 0.15) is 37.5 Å². The molecule has 7 heteroatoms. The van der Waals surface area contributed by atoms with Gasteiger partial charge in [-0.15, -0.1) is 0 Å². The van der Waals surface area contributed by atoms with Crippen molar-refractivity contribution in [3.63, 3.8) is 0 Å². The van der Waals surface area contributed by atoms with E-state index in [-0.39, 0.29) is 18.2 Å². The Morgan fingerprint density at radius 3 is 2.68 bits per heavy atom. The zero-order valence-corrected chi connectivity index (χ0v) is 17.0. The van der Waals surface area contributed by atoms with Crippen LogP contribution in [0.4, 0.5) is 10.5 Å². The minimum atomic E-state index is -0.205. The molecule has 0 saturated heterocycles. The number of amides is 2. The summed E-state index contributed by atoms with van der Waals surface area (Å²) in [6.45, 7) is 7.23. The summed E-state index contributed by atoms with van der Waals surface area (Å²) in [5, 5.41) is 3.00. The van der Waals surface area contributed by atoms with Crippen LogP contribution in [0.2, 0.25) is 0 Å². The van der Waals surface area contributed by atoms with Gasteiger partial charge in [0.2, 0.25) is 0 Å². The van der Waals surface area contributed by atoms with Crippen LogP contribution < -0.4 is 14.8 Å². The van der Waals surface area contributed by atoms with Gasteiger partial charge in [0, 0.05) is 37.2 Å². The first kappa shape index (κ1) is 19.9. The highest BCUT2D eigenvalue weighted by atomic mass is 16.7. The van der Waals surface area contributed by atoms with E-state index in [2.05, 4.69) is 31.1 Å². The molecule has 0 fully saturated rings. The number of anilines is 1. The van der Waals surface area contributed by atoms with Gasteiger partial charge in [0.25, 0.3) is 0 Å². The molecule has 1 N–H and O–H groups in total. The lowest BCUT2D eigenvalue weighted by molar-refractivity contribution is 0.0501. The number of carbonyl (C=O) groups excluding carboxylic acids is 1. The van der Waals surface area contributed by atoms with Gasteiger partial charge < -0.3 is 24.4 Å². The molecule has 2 aromatic rings. The van der Waals surface area contributed by atoms with Gasteiger partial charge in [-0.25, -0.2) is 4.79 Å². The van der Waals surface area contributed by atoms with E-state index in [0.717, 1.165) is 22.4 Å². The summed E-state index contributed by atoms with van der Waals surface area (Å²) in [5.41, 5.74) is 3.23. The van der Waals surface area contributed by atoms with Gasteiger partial charge in [0.1, 0.15) is 11.5 Å². The zero-order valence-electron chi connectivity index (χ0n) is 17.0. The first-order chi connectivity index (χ1) is 13.3. The second-order valence-electron chi connectivity index (χ2n) is 7.76. The van der Waals surface area contributed by atoms with Gasteiger partial charge in [-0.3, -0.25) is 4.98 Å². The summed E-state index contributed by atoms with van der Waals surface area (Å²) >= 11 is 0. The lowest BCUT2D eigenvalue weighted by Crippen LogP contribution is -2.39. The predicted octanol–water partition coefficient (Wildman–Crippen LogP) is 3.92. The fourth-order valence-corrected chi connectivity index (χ4v) is 3.26. The number of benzene rings is 1. The second kappa shape index (κ2) is 8.06. The average Bonchev–Trinajstić information content (AvgIpc) is 2.66. The molecule has 0 unspecified atom stereocenters. The van der Waals surface area contributed by atoms with Crippen molar-refractivity contribution < 1.29 is 19.0 Å². The minimum absolute atomic E-state index is 0.0944. The molecule has 150 valence electrons. The number of nitrogens with one attached hydrogen (secondary N) is 1. The topological polar surface area (TPSA) is 72.9 Å². The smallest absolute Gasteiger partial charge is 0.322 e. The van der Waals surface area contributed by atoms with Crippen LogP contribution in [0, 0.1) is 0 Å². The number of fused-ring (bicyclic) bond motifs is 1. The number of ether oxygens (including phenoxy) is 3. The van der Waals surface area contributed by atoms with Crippen molar-refractivity contribution in [1.29, 1.82) is 0 Å². The highest BCUT2D eigenvalue weighted by molar-refractivity contribution is 5.95. The number of aromatic nitrogens is 1. The largest absolute Gasteiger partial charge is 0.496 e. The first-order valence-electron chi connectivity index (χ1n) is 9.16. The number of methoxy groups -OCH3 is 2. The molecule has 1 aromatic carbocycles. The minimum Gasteiger partial charge on any atom is -0.496 e. The lowest BCUT2D eigenvalue weighted by Gasteiger charge is -2.34. The summed E-state index contributed by atoms with van der Waals surface area (Å²) in [7, 11) is 3.21. The number of urea groups is 1. The third-order valence-electron chi connectivity index (χ3n) is 4.66. The van der Waals surface area contributed by atoms with Gasteiger partial charge in [0.15, 0.2) is 6.79 Å². The lowest BCUT2D eigenvalue weighted by atomic mass is 9.84. The Morgan fingerprint density at radius 1 is 1.29 bits per heavy atom.